The molecule has 0 bridgehead atoms. The molecule has 1 saturated heterocycles. The van der Waals surface area contributed by atoms with E-state index >= 15 is 0 Å². The van der Waals surface area contributed by atoms with Crippen LogP contribution in [0.25, 0.3) is 38.8 Å². The molecule has 0 radical (unpaired) electrons. The molecule has 38 heavy (non-hydrogen) atoms. The van der Waals surface area contributed by atoms with E-state index in [0.717, 1.165) is 17.2 Å². The number of nitrogens with zero attached hydrogens (tertiary/aromatic N) is 4. The molecule has 5 aromatic rings. The molecule has 6 rings (SSSR count). The van der Waals surface area contributed by atoms with Crippen LogP contribution in [-0.4, -0.2) is 45.3 Å². The van der Waals surface area contributed by atoms with Crippen molar-refractivity contribution in [3.63, 3.8) is 0 Å². The second-order valence-electron chi connectivity index (χ2n) is 9.28. The zero-order valence-electron chi connectivity index (χ0n) is 20.3. The Balaban J connectivity index is 1.60. The highest BCUT2D eigenvalue weighted by molar-refractivity contribution is 6.04. The van der Waals surface area contributed by atoms with Gasteiger partial charge in [-0.2, -0.15) is 13.2 Å². The third-order valence-electron chi connectivity index (χ3n) is 7.00. The van der Waals surface area contributed by atoms with E-state index in [1.807, 2.05) is 12.1 Å². The van der Waals surface area contributed by atoms with Crippen LogP contribution >= 0.6 is 0 Å². The van der Waals surface area contributed by atoms with Crippen LogP contribution in [0.4, 0.5) is 18.9 Å². The van der Waals surface area contributed by atoms with Gasteiger partial charge in [0.2, 0.25) is 5.56 Å². The monoisotopic (exact) mass is 520 g/mol. The fourth-order valence-electron chi connectivity index (χ4n) is 5.08. The maximum atomic E-state index is 14.3. The van der Waals surface area contributed by atoms with E-state index in [1.54, 1.807) is 42.5 Å². The molecule has 11 heteroatoms. The molecule has 2 N–H and O–H groups in total. The lowest BCUT2D eigenvalue weighted by atomic mass is 10.0. The van der Waals surface area contributed by atoms with Gasteiger partial charge in [-0.25, -0.2) is 4.79 Å². The number of hydrogen-bond acceptors (Lipinski definition) is 5. The lowest BCUT2D eigenvalue weighted by molar-refractivity contribution is -0.137. The summed E-state index contributed by atoms with van der Waals surface area (Å²) in [5.41, 5.74) is 1.75. The molecule has 1 aliphatic heterocycles. The van der Waals surface area contributed by atoms with Gasteiger partial charge >= 0.3 is 11.9 Å². The predicted molar refractivity (Wildman–Crippen MR) is 140 cm³/mol. The molecule has 2 aromatic carbocycles. The maximum absolute atomic E-state index is 14.3. The van der Waals surface area contributed by atoms with Gasteiger partial charge in [0.15, 0.2) is 0 Å². The van der Waals surface area contributed by atoms with Crippen LogP contribution in [0.15, 0.2) is 70.5 Å². The first-order valence-corrected chi connectivity index (χ1v) is 12.1. The standard InChI is InChI=1S/C27H23F3N6O2/c1-34-23-15-32-21-5-2-16(17-3-7-24(37)33-14-17)12-19(21)25(23)36(26(34)38)18-4-6-22(20(13-18)27(28,29)30)35-10-8-31-9-11-35/h2-7,12-15,31H,8-11H2,1H3,(H,33,37). The third kappa shape index (κ3) is 3.95. The van der Waals surface area contributed by atoms with Crippen molar-refractivity contribution in [1.29, 1.82) is 0 Å². The number of pyridine rings is 2. The molecule has 1 fully saturated rings. The summed E-state index contributed by atoms with van der Waals surface area (Å²) in [6.45, 7) is 2.11. The SMILES string of the molecule is Cn1c(=O)n(-c2ccc(N3CCNCC3)c(C(F)(F)F)c2)c2c3cc(-c4ccc(=O)[nH]c4)ccc3ncc21. The first-order valence-electron chi connectivity index (χ1n) is 12.1. The minimum absolute atomic E-state index is 0.0999. The van der Waals surface area contributed by atoms with Gasteiger partial charge in [0.1, 0.15) is 0 Å². The second-order valence-corrected chi connectivity index (χ2v) is 9.28. The van der Waals surface area contributed by atoms with E-state index in [9.17, 15) is 22.8 Å². The van der Waals surface area contributed by atoms with Crippen LogP contribution in [-0.2, 0) is 13.2 Å². The highest BCUT2D eigenvalue weighted by atomic mass is 19.4. The highest BCUT2D eigenvalue weighted by Gasteiger charge is 2.36. The van der Waals surface area contributed by atoms with Crippen molar-refractivity contribution >= 4 is 27.6 Å². The van der Waals surface area contributed by atoms with Crippen LogP contribution in [0.3, 0.4) is 0 Å². The Labute approximate surface area is 214 Å². The average Bonchev–Trinajstić information content (AvgIpc) is 3.18. The van der Waals surface area contributed by atoms with Crippen molar-refractivity contribution in [3.05, 3.63) is 87.3 Å². The lowest BCUT2D eigenvalue weighted by Gasteiger charge is -2.31. The lowest BCUT2D eigenvalue weighted by Crippen LogP contribution is -2.44. The van der Waals surface area contributed by atoms with Crippen LogP contribution < -0.4 is 21.5 Å². The molecule has 0 spiro atoms. The van der Waals surface area contributed by atoms with E-state index < -0.39 is 17.4 Å². The van der Waals surface area contributed by atoms with Gasteiger partial charge in [-0.3, -0.25) is 18.9 Å². The normalized spacial score (nSPS) is 14.5. The summed E-state index contributed by atoms with van der Waals surface area (Å²) in [7, 11) is 1.57. The van der Waals surface area contributed by atoms with E-state index in [1.165, 1.54) is 21.3 Å². The number of aryl methyl sites for hydroxylation is 1. The molecule has 8 nitrogen and oxygen atoms in total. The molecule has 0 atom stereocenters. The van der Waals surface area contributed by atoms with Crippen molar-refractivity contribution in [2.24, 2.45) is 7.05 Å². The minimum Gasteiger partial charge on any atom is -0.368 e. The number of piperazine rings is 1. The Bertz CT molecular complexity index is 1790. The van der Waals surface area contributed by atoms with Crippen molar-refractivity contribution in [3.8, 4) is 16.8 Å². The number of aromatic amines is 1. The molecule has 1 aliphatic rings. The number of halogens is 3. The Kier molecular flexibility index (Phi) is 5.60. The Morgan fingerprint density at radius 3 is 2.42 bits per heavy atom. The maximum Gasteiger partial charge on any atom is 0.418 e. The van der Waals surface area contributed by atoms with Crippen LogP contribution in [0, 0.1) is 0 Å². The number of nitrogens with one attached hydrogen (secondary N) is 2. The van der Waals surface area contributed by atoms with Gasteiger partial charge < -0.3 is 15.2 Å². The Morgan fingerprint density at radius 1 is 0.947 bits per heavy atom. The fraction of sp³-hybridized carbons (Fsp3) is 0.222. The van der Waals surface area contributed by atoms with E-state index in [-0.39, 0.29) is 16.9 Å². The summed E-state index contributed by atoms with van der Waals surface area (Å²) in [6.07, 6.45) is -1.47. The van der Waals surface area contributed by atoms with E-state index in [4.69, 9.17) is 0 Å². The molecule has 3 aromatic heterocycles. The fourth-order valence-corrected chi connectivity index (χ4v) is 5.08. The van der Waals surface area contributed by atoms with Gasteiger partial charge in [-0.1, -0.05) is 6.07 Å². The van der Waals surface area contributed by atoms with Crippen molar-refractivity contribution in [2.75, 3.05) is 31.1 Å². The molecule has 0 amide bonds. The number of fused-ring (bicyclic) bond motifs is 3. The van der Waals surface area contributed by atoms with Crippen molar-refractivity contribution in [1.82, 2.24) is 24.4 Å². The van der Waals surface area contributed by atoms with Gasteiger partial charge in [0.25, 0.3) is 0 Å². The van der Waals surface area contributed by atoms with Gasteiger partial charge in [0.05, 0.1) is 34.0 Å². The highest BCUT2D eigenvalue weighted by Crippen LogP contribution is 2.39. The summed E-state index contributed by atoms with van der Waals surface area (Å²) in [4.78, 5) is 33.8. The number of anilines is 1. The quantitative estimate of drug-likeness (QED) is 0.379. The molecular formula is C27H23F3N6O2. The second kappa shape index (κ2) is 8.88. The van der Waals surface area contributed by atoms with Crippen LogP contribution in [0.2, 0.25) is 0 Å². The van der Waals surface area contributed by atoms with Crippen LogP contribution in [0.5, 0.6) is 0 Å². The minimum atomic E-state index is -4.61. The number of aromatic nitrogens is 4. The smallest absolute Gasteiger partial charge is 0.368 e. The summed E-state index contributed by atoms with van der Waals surface area (Å²) < 4.78 is 45.5. The van der Waals surface area contributed by atoms with Crippen molar-refractivity contribution in [2.45, 2.75) is 6.18 Å². The Morgan fingerprint density at radius 2 is 1.71 bits per heavy atom. The summed E-state index contributed by atoms with van der Waals surface area (Å²) in [6, 6.07) is 12.6. The first-order chi connectivity index (χ1) is 18.2. The molecule has 0 aliphatic carbocycles. The van der Waals surface area contributed by atoms with E-state index in [2.05, 4.69) is 15.3 Å². The zero-order chi connectivity index (χ0) is 26.6. The third-order valence-corrected chi connectivity index (χ3v) is 7.00. The molecular weight excluding hydrogens is 497 g/mol. The van der Waals surface area contributed by atoms with E-state index in [0.29, 0.717) is 48.1 Å². The van der Waals surface area contributed by atoms with Crippen LogP contribution in [0.1, 0.15) is 5.56 Å². The Hall–Kier alpha value is -4.38. The zero-order valence-corrected chi connectivity index (χ0v) is 20.3. The summed E-state index contributed by atoms with van der Waals surface area (Å²) in [5, 5.41) is 3.75. The summed E-state index contributed by atoms with van der Waals surface area (Å²) in [5.74, 6) is 0. The average molecular weight is 521 g/mol. The number of hydrogen-bond donors (Lipinski definition) is 2. The number of H-pyrrole nitrogens is 1. The van der Waals surface area contributed by atoms with Crippen molar-refractivity contribution < 1.29 is 13.2 Å². The molecule has 194 valence electrons. The topological polar surface area (TPSA) is 88.0 Å². The number of alkyl halides is 3. The summed E-state index contributed by atoms with van der Waals surface area (Å²) >= 11 is 0. The predicted octanol–water partition coefficient (Wildman–Crippen LogP) is 3.66. The number of imidazole rings is 1. The molecule has 0 saturated carbocycles. The first kappa shape index (κ1) is 24.0. The largest absolute Gasteiger partial charge is 0.418 e. The van der Waals surface area contributed by atoms with Gasteiger partial charge in [-0.05, 0) is 47.5 Å². The number of benzene rings is 2. The van der Waals surface area contributed by atoms with Gasteiger partial charge in [-0.15, -0.1) is 0 Å². The molecule has 0 unspecified atom stereocenters. The molecule has 4 heterocycles. The van der Waals surface area contributed by atoms with Gasteiger partial charge in [0, 0.05) is 56.6 Å². The number of rotatable bonds is 3.